The Morgan fingerprint density at radius 1 is 1.33 bits per heavy atom. The lowest BCUT2D eigenvalue weighted by atomic mass is 10.1. The first-order chi connectivity index (χ1) is 5.84. The van der Waals surface area contributed by atoms with Gasteiger partial charge in [-0.05, 0) is 17.7 Å². The first-order valence-electron chi connectivity index (χ1n) is 3.70. The van der Waals surface area contributed by atoms with Gasteiger partial charge in [-0.2, -0.15) is 0 Å². The van der Waals surface area contributed by atoms with Crippen LogP contribution in [0.15, 0.2) is 42.5 Å². The zero-order chi connectivity index (χ0) is 8.81. The highest BCUT2D eigenvalue weighted by Gasteiger charge is 1.99. The van der Waals surface area contributed by atoms with Gasteiger partial charge < -0.3 is 5.11 Å². The van der Waals surface area contributed by atoms with Gasteiger partial charge in [0.15, 0.2) is 0 Å². The molecule has 12 heavy (non-hydrogen) atoms. The Hall–Kier alpha value is -1.52. The van der Waals surface area contributed by atoms with Gasteiger partial charge in [-0.25, -0.2) is 0 Å². The summed E-state index contributed by atoms with van der Waals surface area (Å²) in [5.41, 5.74) is 0.851. The summed E-state index contributed by atoms with van der Waals surface area (Å²) in [5.74, 6) is 2.33. The van der Waals surface area contributed by atoms with E-state index in [1.165, 1.54) is 6.08 Å². The smallest absolute Gasteiger partial charge is 0.0980 e. The van der Waals surface area contributed by atoms with E-state index in [2.05, 4.69) is 5.92 Å². The molecule has 0 amide bonds. The molecular weight excluding hydrogens is 148 g/mol. The molecule has 0 fully saturated rings. The Morgan fingerprint density at radius 2 is 2.00 bits per heavy atom. The molecule has 1 heteroatoms. The maximum atomic E-state index is 9.47. The van der Waals surface area contributed by atoms with Crippen molar-refractivity contribution in [3.8, 4) is 12.3 Å². The van der Waals surface area contributed by atoms with Crippen molar-refractivity contribution in [1.29, 1.82) is 0 Å². The van der Waals surface area contributed by atoms with Gasteiger partial charge >= 0.3 is 0 Å². The Bertz CT molecular complexity index is 293. The van der Waals surface area contributed by atoms with Crippen molar-refractivity contribution in [1.82, 2.24) is 0 Å². The Balaban J connectivity index is 2.73. The molecule has 0 spiro atoms. The summed E-state index contributed by atoms with van der Waals surface area (Å²) in [5, 5.41) is 9.47. The molecule has 1 rings (SSSR count). The lowest BCUT2D eigenvalue weighted by Crippen LogP contribution is -1.91. The van der Waals surface area contributed by atoms with E-state index in [-0.39, 0.29) is 0 Å². The van der Waals surface area contributed by atoms with Gasteiger partial charge in [0.05, 0.1) is 6.10 Å². The monoisotopic (exact) mass is 158 g/mol. The van der Waals surface area contributed by atoms with Gasteiger partial charge in [0.1, 0.15) is 0 Å². The molecule has 0 bridgehead atoms. The number of hydrogen-bond acceptors (Lipinski definition) is 1. The molecule has 60 valence electrons. The molecule has 1 unspecified atom stereocenters. The maximum Gasteiger partial charge on any atom is 0.0980 e. The number of aliphatic hydroxyl groups excluding tert-OH is 1. The van der Waals surface area contributed by atoms with Crippen LogP contribution in [0.2, 0.25) is 0 Å². The van der Waals surface area contributed by atoms with Gasteiger partial charge in [0.2, 0.25) is 0 Å². The second-order valence-electron chi connectivity index (χ2n) is 2.38. The SMILES string of the molecule is C#C/C=C/C(O)c1ccccc1. The van der Waals surface area contributed by atoms with E-state index in [0.29, 0.717) is 0 Å². The number of rotatable bonds is 2. The van der Waals surface area contributed by atoms with Crippen LogP contribution in [0.4, 0.5) is 0 Å². The lowest BCUT2D eigenvalue weighted by molar-refractivity contribution is 0.229. The molecule has 0 radical (unpaired) electrons. The Labute approximate surface area is 72.4 Å². The van der Waals surface area contributed by atoms with Crippen LogP contribution in [0.25, 0.3) is 0 Å². The Kier molecular flexibility index (Phi) is 3.13. The topological polar surface area (TPSA) is 20.2 Å². The van der Waals surface area contributed by atoms with Crippen molar-refractivity contribution in [2.75, 3.05) is 0 Å². The average Bonchev–Trinajstić information content (AvgIpc) is 2.15. The van der Waals surface area contributed by atoms with Crippen molar-refractivity contribution >= 4 is 0 Å². The summed E-state index contributed by atoms with van der Waals surface area (Å²) in [4.78, 5) is 0. The molecule has 0 saturated heterocycles. The summed E-state index contributed by atoms with van der Waals surface area (Å²) in [6.07, 6.45) is 7.49. The summed E-state index contributed by atoms with van der Waals surface area (Å²) in [7, 11) is 0. The molecular formula is C11H10O. The van der Waals surface area contributed by atoms with Gasteiger partial charge in [-0.3, -0.25) is 0 Å². The fraction of sp³-hybridized carbons (Fsp3) is 0.0909. The van der Waals surface area contributed by atoms with Crippen molar-refractivity contribution < 1.29 is 5.11 Å². The minimum absolute atomic E-state index is 0.595. The highest BCUT2D eigenvalue weighted by Crippen LogP contribution is 2.12. The number of aliphatic hydroxyl groups is 1. The molecule has 0 heterocycles. The second-order valence-corrected chi connectivity index (χ2v) is 2.38. The predicted molar refractivity (Wildman–Crippen MR) is 49.4 cm³/mol. The zero-order valence-corrected chi connectivity index (χ0v) is 6.64. The van der Waals surface area contributed by atoms with Gasteiger partial charge in [-0.15, -0.1) is 6.42 Å². The van der Waals surface area contributed by atoms with Gasteiger partial charge in [0, 0.05) is 0 Å². The van der Waals surface area contributed by atoms with E-state index in [1.807, 2.05) is 30.3 Å². The number of terminal acetylenes is 1. The molecule has 0 aliphatic heterocycles. The molecule has 0 aliphatic carbocycles. The van der Waals surface area contributed by atoms with E-state index in [0.717, 1.165) is 5.56 Å². The summed E-state index contributed by atoms with van der Waals surface area (Å²) in [6.45, 7) is 0. The van der Waals surface area contributed by atoms with Gasteiger partial charge in [0.25, 0.3) is 0 Å². The third-order valence-electron chi connectivity index (χ3n) is 1.52. The highest BCUT2D eigenvalue weighted by atomic mass is 16.3. The summed E-state index contributed by atoms with van der Waals surface area (Å²) < 4.78 is 0. The zero-order valence-electron chi connectivity index (χ0n) is 6.64. The molecule has 1 atom stereocenters. The quantitative estimate of drug-likeness (QED) is 0.652. The summed E-state index contributed by atoms with van der Waals surface area (Å²) in [6, 6.07) is 9.36. The highest BCUT2D eigenvalue weighted by molar-refractivity contribution is 5.23. The number of hydrogen-bond donors (Lipinski definition) is 1. The molecule has 1 nitrogen and oxygen atoms in total. The van der Waals surface area contributed by atoms with E-state index in [1.54, 1.807) is 6.08 Å². The second kappa shape index (κ2) is 4.38. The summed E-state index contributed by atoms with van der Waals surface area (Å²) >= 11 is 0. The maximum absolute atomic E-state index is 9.47. The average molecular weight is 158 g/mol. The van der Waals surface area contributed by atoms with E-state index in [9.17, 15) is 5.11 Å². The van der Waals surface area contributed by atoms with Crippen LogP contribution >= 0.6 is 0 Å². The van der Waals surface area contributed by atoms with Gasteiger partial charge in [-0.1, -0.05) is 36.3 Å². The van der Waals surface area contributed by atoms with E-state index < -0.39 is 6.10 Å². The first kappa shape index (κ1) is 8.58. The third-order valence-corrected chi connectivity index (χ3v) is 1.52. The fourth-order valence-corrected chi connectivity index (χ4v) is 0.908. The van der Waals surface area contributed by atoms with Crippen LogP contribution in [0, 0.1) is 12.3 Å². The molecule has 1 aromatic carbocycles. The standard InChI is InChI=1S/C11H10O/c1-2-3-9-11(12)10-7-5-4-6-8-10/h1,3-9,11-12H/b9-3+. The Morgan fingerprint density at radius 3 is 2.58 bits per heavy atom. The van der Waals surface area contributed by atoms with Crippen molar-refractivity contribution in [3.63, 3.8) is 0 Å². The van der Waals surface area contributed by atoms with Crippen molar-refractivity contribution in [3.05, 3.63) is 48.0 Å². The first-order valence-corrected chi connectivity index (χ1v) is 3.70. The van der Waals surface area contributed by atoms with Crippen LogP contribution in [0.3, 0.4) is 0 Å². The van der Waals surface area contributed by atoms with Crippen LogP contribution < -0.4 is 0 Å². The van der Waals surface area contributed by atoms with E-state index >= 15 is 0 Å². The molecule has 1 aromatic rings. The van der Waals surface area contributed by atoms with Crippen LogP contribution in [-0.4, -0.2) is 5.11 Å². The normalized spacial score (nSPS) is 12.7. The number of allylic oxidation sites excluding steroid dienone is 1. The molecule has 0 saturated carbocycles. The van der Waals surface area contributed by atoms with Crippen molar-refractivity contribution in [2.24, 2.45) is 0 Å². The van der Waals surface area contributed by atoms with Crippen molar-refractivity contribution in [2.45, 2.75) is 6.10 Å². The van der Waals surface area contributed by atoms with Crippen LogP contribution in [-0.2, 0) is 0 Å². The number of benzene rings is 1. The minimum Gasteiger partial charge on any atom is -0.384 e. The lowest BCUT2D eigenvalue weighted by Gasteiger charge is -2.03. The molecule has 0 aromatic heterocycles. The third kappa shape index (κ3) is 2.26. The minimum atomic E-state index is -0.595. The largest absolute Gasteiger partial charge is 0.384 e. The fourth-order valence-electron chi connectivity index (χ4n) is 0.908. The van der Waals surface area contributed by atoms with Crippen LogP contribution in [0.1, 0.15) is 11.7 Å². The van der Waals surface area contributed by atoms with Crippen LogP contribution in [0.5, 0.6) is 0 Å². The molecule has 0 aliphatic rings. The van der Waals surface area contributed by atoms with E-state index in [4.69, 9.17) is 6.42 Å². The predicted octanol–water partition coefficient (Wildman–Crippen LogP) is 1.91. The molecule has 1 N–H and O–H groups in total.